The van der Waals surface area contributed by atoms with E-state index in [1.54, 1.807) is 0 Å². The molecule has 0 spiro atoms. The number of benzene rings is 1. The minimum absolute atomic E-state index is 0.410. The standard InChI is InChI=1S/C13H15NOS/c1-9(2)11-8-16-13(14-11)12(15)10-6-4-3-5-7-10/h3-9,12,15H,1-2H3. The number of hydrogen-bond donors (Lipinski definition) is 1. The van der Waals surface area contributed by atoms with Crippen LogP contribution < -0.4 is 0 Å². The van der Waals surface area contributed by atoms with E-state index in [4.69, 9.17) is 0 Å². The fourth-order valence-corrected chi connectivity index (χ4v) is 2.46. The van der Waals surface area contributed by atoms with Gasteiger partial charge in [0.05, 0.1) is 5.69 Å². The second kappa shape index (κ2) is 4.76. The maximum absolute atomic E-state index is 10.1. The molecule has 1 aromatic carbocycles. The lowest BCUT2D eigenvalue weighted by Crippen LogP contribution is -1.99. The van der Waals surface area contributed by atoms with Crippen molar-refractivity contribution in [3.8, 4) is 0 Å². The first-order valence-electron chi connectivity index (χ1n) is 5.37. The van der Waals surface area contributed by atoms with E-state index in [0.717, 1.165) is 16.3 Å². The van der Waals surface area contributed by atoms with Gasteiger partial charge in [0.15, 0.2) is 0 Å². The first-order chi connectivity index (χ1) is 7.68. The molecule has 0 saturated carbocycles. The lowest BCUT2D eigenvalue weighted by Gasteiger charge is -2.07. The number of aliphatic hydroxyl groups excluding tert-OH is 1. The molecule has 84 valence electrons. The maximum Gasteiger partial charge on any atom is 0.131 e. The molecule has 0 fully saturated rings. The second-order valence-corrected chi connectivity index (χ2v) is 4.97. The van der Waals surface area contributed by atoms with Crippen LogP contribution in [0, 0.1) is 0 Å². The summed E-state index contributed by atoms with van der Waals surface area (Å²) >= 11 is 1.52. The summed E-state index contributed by atoms with van der Waals surface area (Å²) in [6.45, 7) is 4.21. The Bertz CT molecular complexity index is 450. The summed E-state index contributed by atoms with van der Waals surface area (Å²) in [5, 5.41) is 12.9. The first kappa shape index (κ1) is 11.3. The third-order valence-electron chi connectivity index (χ3n) is 2.48. The van der Waals surface area contributed by atoms with Gasteiger partial charge in [0.2, 0.25) is 0 Å². The lowest BCUT2D eigenvalue weighted by molar-refractivity contribution is 0.219. The molecule has 0 saturated heterocycles. The second-order valence-electron chi connectivity index (χ2n) is 4.08. The Morgan fingerprint density at radius 2 is 1.88 bits per heavy atom. The third kappa shape index (κ3) is 2.31. The number of rotatable bonds is 3. The van der Waals surface area contributed by atoms with Crippen LogP contribution in [0.15, 0.2) is 35.7 Å². The molecule has 3 heteroatoms. The fourth-order valence-electron chi connectivity index (χ4n) is 1.47. The van der Waals surface area contributed by atoms with Crippen molar-refractivity contribution < 1.29 is 5.11 Å². The monoisotopic (exact) mass is 233 g/mol. The third-order valence-corrected chi connectivity index (χ3v) is 3.40. The topological polar surface area (TPSA) is 33.1 Å². The van der Waals surface area contributed by atoms with Crippen LogP contribution >= 0.6 is 11.3 Å². The van der Waals surface area contributed by atoms with E-state index in [1.165, 1.54) is 11.3 Å². The largest absolute Gasteiger partial charge is 0.381 e. The van der Waals surface area contributed by atoms with Crippen LogP contribution in [-0.4, -0.2) is 10.1 Å². The highest BCUT2D eigenvalue weighted by Gasteiger charge is 2.15. The average molecular weight is 233 g/mol. The smallest absolute Gasteiger partial charge is 0.131 e. The van der Waals surface area contributed by atoms with Gasteiger partial charge in [-0.25, -0.2) is 4.98 Å². The number of nitrogens with zero attached hydrogens (tertiary/aromatic N) is 1. The summed E-state index contributed by atoms with van der Waals surface area (Å²) in [7, 11) is 0. The molecule has 1 unspecified atom stereocenters. The Balaban J connectivity index is 2.24. The molecule has 1 N–H and O–H groups in total. The summed E-state index contributed by atoms with van der Waals surface area (Å²) in [4.78, 5) is 4.45. The Morgan fingerprint density at radius 1 is 1.19 bits per heavy atom. The zero-order valence-corrected chi connectivity index (χ0v) is 10.2. The first-order valence-corrected chi connectivity index (χ1v) is 6.24. The van der Waals surface area contributed by atoms with Crippen LogP contribution in [0.3, 0.4) is 0 Å². The van der Waals surface area contributed by atoms with Crippen LogP contribution in [-0.2, 0) is 0 Å². The summed E-state index contributed by atoms with van der Waals surface area (Å²) in [6, 6.07) is 9.63. The summed E-state index contributed by atoms with van der Waals surface area (Å²) in [6.07, 6.45) is -0.598. The van der Waals surface area contributed by atoms with Gasteiger partial charge >= 0.3 is 0 Å². The highest BCUT2D eigenvalue weighted by atomic mass is 32.1. The van der Waals surface area contributed by atoms with Crippen LogP contribution in [0.25, 0.3) is 0 Å². The van der Waals surface area contributed by atoms with Gasteiger partial charge in [0.1, 0.15) is 11.1 Å². The van der Waals surface area contributed by atoms with E-state index in [2.05, 4.69) is 18.8 Å². The van der Waals surface area contributed by atoms with Crippen molar-refractivity contribution in [1.82, 2.24) is 4.98 Å². The Morgan fingerprint density at radius 3 is 2.44 bits per heavy atom. The van der Waals surface area contributed by atoms with Gasteiger partial charge in [-0.1, -0.05) is 44.2 Å². The Labute approximate surface area is 99.6 Å². The molecular formula is C13H15NOS. The van der Waals surface area contributed by atoms with E-state index < -0.39 is 6.10 Å². The summed E-state index contributed by atoms with van der Waals surface area (Å²) in [5.74, 6) is 0.410. The lowest BCUT2D eigenvalue weighted by atomic mass is 10.1. The highest BCUT2D eigenvalue weighted by Crippen LogP contribution is 2.27. The molecule has 1 heterocycles. The maximum atomic E-state index is 10.1. The van der Waals surface area contributed by atoms with E-state index in [-0.39, 0.29) is 0 Å². The zero-order valence-electron chi connectivity index (χ0n) is 9.42. The molecule has 0 aliphatic carbocycles. The van der Waals surface area contributed by atoms with E-state index in [9.17, 15) is 5.11 Å². The molecular weight excluding hydrogens is 218 g/mol. The molecule has 0 aliphatic heterocycles. The van der Waals surface area contributed by atoms with Crippen LogP contribution in [0.5, 0.6) is 0 Å². The van der Waals surface area contributed by atoms with Gasteiger partial charge in [-0.3, -0.25) is 0 Å². The average Bonchev–Trinajstić information content (AvgIpc) is 2.78. The van der Waals surface area contributed by atoms with Crippen LogP contribution in [0.2, 0.25) is 0 Å². The van der Waals surface area contributed by atoms with Gasteiger partial charge in [0.25, 0.3) is 0 Å². The number of aromatic nitrogens is 1. The van der Waals surface area contributed by atoms with E-state index in [1.807, 2.05) is 35.7 Å². The SMILES string of the molecule is CC(C)c1csc(C(O)c2ccccc2)n1. The van der Waals surface area contributed by atoms with Crippen molar-refractivity contribution >= 4 is 11.3 Å². The minimum atomic E-state index is -0.598. The van der Waals surface area contributed by atoms with Gasteiger partial charge in [-0.05, 0) is 11.5 Å². The predicted octanol–water partition coefficient (Wildman–Crippen LogP) is 3.35. The van der Waals surface area contributed by atoms with Crippen molar-refractivity contribution in [2.45, 2.75) is 25.9 Å². The minimum Gasteiger partial charge on any atom is -0.381 e. The van der Waals surface area contributed by atoms with Crippen molar-refractivity contribution in [2.75, 3.05) is 0 Å². The molecule has 0 aliphatic rings. The molecule has 16 heavy (non-hydrogen) atoms. The molecule has 0 amide bonds. The molecule has 2 aromatic rings. The van der Waals surface area contributed by atoms with Crippen molar-refractivity contribution in [2.24, 2.45) is 0 Å². The number of thiazole rings is 1. The van der Waals surface area contributed by atoms with Crippen molar-refractivity contribution in [1.29, 1.82) is 0 Å². The van der Waals surface area contributed by atoms with Gasteiger partial charge in [-0.2, -0.15) is 0 Å². The molecule has 1 atom stereocenters. The van der Waals surface area contributed by atoms with Gasteiger partial charge in [0, 0.05) is 5.38 Å². The fraction of sp³-hybridized carbons (Fsp3) is 0.308. The predicted molar refractivity (Wildman–Crippen MR) is 66.7 cm³/mol. The van der Waals surface area contributed by atoms with Gasteiger partial charge in [-0.15, -0.1) is 11.3 Å². The normalized spacial score (nSPS) is 13.0. The van der Waals surface area contributed by atoms with E-state index in [0.29, 0.717) is 5.92 Å². The molecule has 2 rings (SSSR count). The van der Waals surface area contributed by atoms with Crippen LogP contribution in [0.1, 0.15) is 42.1 Å². The van der Waals surface area contributed by atoms with Crippen LogP contribution in [0.4, 0.5) is 0 Å². The summed E-state index contributed by atoms with van der Waals surface area (Å²) < 4.78 is 0. The molecule has 0 bridgehead atoms. The zero-order chi connectivity index (χ0) is 11.5. The quantitative estimate of drug-likeness (QED) is 0.882. The Hall–Kier alpha value is -1.19. The molecule has 0 radical (unpaired) electrons. The van der Waals surface area contributed by atoms with Gasteiger partial charge < -0.3 is 5.11 Å². The Kier molecular flexibility index (Phi) is 3.36. The van der Waals surface area contributed by atoms with Crippen molar-refractivity contribution in [3.05, 3.63) is 52.0 Å². The number of hydrogen-bond acceptors (Lipinski definition) is 3. The molecule has 2 nitrogen and oxygen atoms in total. The van der Waals surface area contributed by atoms with Crippen molar-refractivity contribution in [3.63, 3.8) is 0 Å². The highest BCUT2D eigenvalue weighted by molar-refractivity contribution is 7.09. The molecule has 1 aromatic heterocycles. The summed E-state index contributed by atoms with van der Waals surface area (Å²) in [5.41, 5.74) is 1.95. The number of aliphatic hydroxyl groups is 1. The van der Waals surface area contributed by atoms with E-state index >= 15 is 0 Å².